The first kappa shape index (κ1) is 19.4. The fraction of sp³-hybridized carbons (Fsp3) is 0.286. The number of carbonyl (C=O) groups excluding carboxylic acids is 3. The Morgan fingerprint density at radius 2 is 1.89 bits per heavy atom. The van der Waals surface area contributed by atoms with Crippen LogP contribution in [0.5, 0.6) is 0 Å². The molecular weight excluding hydrogens is 360 g/mol. The molecule has 0 saturated heterocycles. The molecule has 2 amide bonds. The lowest BCUT2D eigenvalue weighted by Crippen LogP contribution is -2.48. The molecule has 7 heteroatoms. The summed E-state index contributed by atoms with van der Waals surface area (Å²) in [5, 5.41) is 15.5. The number of ether oxygens (including phenoxy) is 1. The molecule has 1 atom stereocenters. The minimum Gasteiger partial charge on any atom is -0.550 e. The van der Waals surface area contributed by atoms with E-state index in [1.807, 2.05) is 42.5 Å². The molecule has 0 aliphatic carbocycles. The first-order valence-corrected chi connectivity index (χ1v) is 8.98. The number of methoxy groups -OCH3 is 1. The van der Waals surface area contributed by atoms with Gasteiger partial charge in [0.2, 0.25) is 0 Å². The second-order valence-electron chi connectivity index (χ2n) is 6.61. The second kappa shape index (κ2) is 8.12. The summed E-state index contributed by atoms with van der Waals surface area (Å²) in [5.74, 6) is -1.72. The lowest BCUT2D eigenvalue weighted by molar-refractivity contribution is -0.305. The van der Waals surface area contributed by atoms with Gasteiger partial charge >= 0.3 is 12.0 Å². The average molecular weight is 381 g/mol. The third kappa shape index (κ3) is 3.83. The van der Waals surface area contributed by atoms with E-state index in [0.29, 0.717) is 11.3 Å². The van der Waals surface area contributed by atoms with Gasteiger partial charge in [-0.1, -0.05) is 36.4 Å². The molecule has 0 bridgehead atoms. The highest BCUT2D eigenvalue weighted by atomic mass is 16.5. The molecule has 1 aliphatic heterocycles. The van der Waals surface area contributed by atoms with Crippen LogP contribution in [0.2, 0.25) is 0 Å². The summed E-state index contributed by atoms with van der Waals surface area (Å²) < 4.78 is 4.95. The number of carbonyl (C=O) groups is 3. The first-order chi connectivity index (χ1) is 13.4. The molecule has 1 heterocycles. The summed E-state index contributed by atoms with van der Waals surface area (Å²) >= 11 is 0. The van der Waals surface area contributed by atoms with Gasteiger partial charge in [0.25, 0.3) is 0 Å². The number of carboxylic acids is 1. The van der Waals surface area contributed by atoms with E-state index in [1.54, 1.807) is 6.92 Å². The molecule has 0 fully saturated rings. The Hall–Kier alpha value is -3.35. The van der Waals surface area contributed by atoms with Crippen LogP contribution in [0, 0.1) is 0 Å². The zero-order chi connectivity index (χ0) is 20.3. The summed E-state index contributed by atoms with van der Waals surface area (Å²) in [6.45, 7) is 1.83. The number of esters is 1. The maximum atomic E-state index is 12.6. The Bertz CT molecular complexity index is 966. The number of urea groups is 1. The number of allylic oxidation sites excluding steroid dienone is 1. The molecule has 28 heavy (non-hydrogen) atoms. The fourth-order valence-corrected chi connectivity index (χ4v) is 3.44. The lowest BCUT2D eigenvalue weighted by Gasteiger charge is -2.35. The minimum absolute atomic E-state index is 0.163. The molecular formula is C21H21N2O5-. The number of aliphatic carboxylic acids is 1. The number of fused-ring (bicyclic) bond motifs is 1. The molecule has 1 N–H and O–H groups in total. The molecule has 2 aromatic rings. The average Bonchev–Trinajstić information content (AvgIpc) is 2.69. The van der Waals surface area contributed by atoms with E-state index in [1.165, 1.54) is 12.0 Å². The van der Waals surface area contributed by atoms with Gasteiger partial charge in [0.15, 0.2) is 0 Å². The van der Waals surface area contributed by atoms with Crippen molar-refractivity contribution in [2.45, 2.75) is 25.8 Å². The van der Waals surface area contributed by atoms with Gasteiger partial charge in [-0.3, -0.25) is 4.90 Å². The second-order valence-corrected chi connectivity index (χ2v) is 6.61. The molecule has 7 nitrogen and oxygen atoms in total. The van der Waals surface area contributed by atoms with Crippen molar-refractivity contribution in [3.8, 4) is 0 Å². The summed E-state index contributed by atoms with van der Waals surface area (Å²) in [7, 11) is 1.29. The van der Waals surface area contributed by atoms with Crippen LogP contribution in [0.3, 0.4) is 0 Å². The fourth-order valence-electron chi connectivity index (χ4n) is 3.44. The van der Waals surface area contributed by atoms with Crippen molar-refractivity contribution in [3.05, 3.63) is 59.3 Å². The zero-order valence-electron chi connectivity index (χ0n) is 15.7. The Morgan fingerprint density at radius 3 is 2.57 bits per heavy atom. The predicted octanol–water partition coefficient (Wildman–Crippen LogP) is 1.88. The number of carboxylic acid groups (broad SMARTS) is 1. The number of amides is 2. The maximum Gasteiger partial charge on any atom is 0.337 e. The Labute approximate surface area is 162 Å². The van der Waals surface area contributed by atoms with Crippen molar-refractivity contribution in [1.82, 2.24) is 10.2 Å². The molecule has 0 aromatic heterocycles. The van der Waals surface area contributed by atoms with Crippen molar-refractivity contribution in [1.29, 1.82) is 0 Å². The van der Waals surface area contributed by atoms with Crippen LogP contribution in [-0.4, -0.2) is 36.5 Å². The molecule has 0 saturated carbocycles. The highest BCUT2D eigenvalue weighted by molar-refractivity contribution is 5.95. The van der Waals surface area contributed by atoms with Crippen LogP contribution < -0.4 is 10.4 Å². The van der Waals surface area contributed by atoms with Crippen LogP contribution >= 0.6 is 0 Å². The summed E-state index contributed by atoms with van der Waals surface area (Å²) in [5.41, 5.74) is 1.54. The van der Waals surface area contributed by atoms with E-state index in [2.05, 4.69) is 5.32 Å². The van der Waals surface area contributed by atoms with E-state index in [-0.39, 0.29) is 25.4 Å². The van der Waals surface area contributed by atoms with Crippen LogP contribution in [0.25, 0.3) is 10.8 Å². The monoisotopic (exact) mass is 381 g/mol. The topological polar surface area (TPSA) is 98.8 Å². The van der Waals surface area contributed by atoms with Crippen LogP contribution in [-0.2, 0) is 14.3 Å². The molecule has 0 spiro atoms. The molecule has 3 rings (SSSR count). The van der Waals surface area contributed by atoms with E-state index in [0.717, 1.165) is 16.3 Å². The smallest absolute Gasteiger partial charge is 0.337 e. The number of hydrogen-bond acceptors (Lipinski definition) is 5. The van der Waals surface area contributed by atoms with Gasteiger partial charge < -0.3 is 20.0 Å². The number of nitrogens with zero attached hydrogens (tertiary/aromatic N) is 1. The van der Waals surface area contributed by atoms with Gasteiger partial charge in [-0.05, 0) is 42.2 Å². The van der Waals surface area contributed by atoms with Crippen LogP contribution in [0.4, 0.5) is 4.79 Å². The molecule has 0 unspecified atom stereocenters. The highest BCUT2D eigenvalue weighted by Gasteiger charge is 2.36. The Kier molecular flexibility index (Phi) is 5.63. The van der Waals surface area contributed by atoms with Crippen molar-refractivity contribution in [3.63, 3.8) is 0 Å². The molecule has 146 valence electrons. The lowest BCUT2D eigenvalue weighted by atomic mass is 9.93. The van der Waals surface area contributed by atoms with E-state index in [4.69, 9.17) is 4.74 Å². The number of benzene rings is 2. The Morgan fingerprint density at radius 1 is 1.18 bits per heavy atom. The Balaban J connectivity index is 1.99. The van der Waals surface area contributed by atoms with Crippen molar-refractivity contribution >= 4 is 28.7 Å². The highest BCUT2D eigenvalue weighted by Crippen LogP contribution is 2.32. The SMILES string of the molecule is COC(=O)C1=C(C)N(CCCC(=O)[O-])C(=O)N[C@@H]1c1ccc2ccccc2c1. The van der Waals surface area contributed by atoms with Gasteiger partial charge in [0, 0.05) is 18.2 Å². The molecule has 0 radical (unpaired) electrons. The summed E-state index contributed by atoms with van der Waals surface area (Å²) in [4.78, 5) is 37.2. The van der Waals surface area contributed by atoms with Crippen LogP contribution in [0.1, 0.15) is 31.4 Å². The van der Waals surface area contributed by atoms with Crippen LogP contribution in [0.15, 0.2) is 53.7 Å². The van der Waals surface area contributed by atoms with Gasteiger partial charge in [-0.25, -0.2) is 9.59 Å². The minimum atomic E-state index is -1.18. The predicted molar refractivity (Wildman–Crippen MR) is 101 cm³/mol. The maximum absolute atomic E-state index is 12.6. The van der Waals surface area contributed by atoms with Gasteiger partial charge in [-0.15, -0.1) is 0 Å². The quantitative estimate of drug-likeness (QED) is 0.771. The normalized spacial score (nSPS) is 16.9. The number of hydrogen-bond donors (Lipinski definition) is 1. The molecule has 2 aromatic carbocycles. The van der Waals surface area contributed by atoms with Gasteiger partial charge in [-0.2, -0.15) is 0 Å². The van der Waals surface area contributed by atoms with Crippen molar-refractivity contribution in [2.24, 2.45) is 0 Å². The van der Waals surface area contributed by atoms with E-state index < -0.39 is 18.0 Å². The standard InChI is InChI=1S/C21H22N2O5/c1-13-18(20(26)28-2)19(22-21(27)23(13)11-5-8-17(24)25)16-10-9-14-6-3-4-7-15(14)12-16/h3-4,6-7,9-10,12,19H,5,8,11H2,1-2H3,(H,22,27)(H,24,25)/p-1/t19-/m1/s1. The molecule has 1 aliphatic rings. The first-order valence-electron chi connectivity index (χ1n) is 8.98. The largest absolute Gasteiger partial charge is 0.550 e. The van der Waals surface area contributed by atoms with E-state index >= 15 is 0 Å². The third-order valence-corrected chi connectivity index (χ3v) is 4.87. The van der Waals surface area contributed by atoms with E-state index in [9.17, 15) is 19.5 Å². The zero-order valence-corrected chi connectivity index (χ0v) is 15.7. The third-order valence-electron chi connectivity index (χ3n) is 4.87. The number of nitrogens with one attached hydrogen (secondary N) is 1. The van der Waals surface area contributed by atoms with Gasteiger partial charge in [0.1, 0.15) is 0 Å². The summed E-state index contributed by atoms with van der Waals surface area (Å²) in [6.07, 6.45) is 0.0565. The van der Waals surface area contributed by atoms with Crippen molar-refractivity contribution in [2.75, 3.05) is 13.7 Å². The number of rotatable bonds is 6. The van der Waals surface area contributed by atoms with Crippen molar-refractivity contribution < 1.29 is 24.2 Å². The summed E-state index contributed by atoms with van der Waals surface area (Å²) in [6, 6.07) is 12.5. The van der Waals surface area contributed by atoms with Gasteiger partial charge in [0.05, 0.1) is 18.7 Å².